The molecule has 7 nitrogen and oxygen atoms in total. The van der Waals surface area contributed by atoms with Crippen molar-refractivity contribution in [1.29, 1.82) is 0 Å². The maximum Gasteiger partial charge on any atom is 0.251 e. The number of carbonyl (C=O) groups is 1. The van der Waals surface area contributed by atoms with Crippen LogP contribution in [-0.2, 0) is 6.54 Å². The SMILES string of the molecule is Nc1ncnc2c1c(-c1ccc(CNC(=O)c3cccc(F)c3)cc1)nn2C1CCCC1. The zero-order valence-electron chi connectivity index (χ0n) is 17.5. The summed E-state index contributed by atoms with van der Waals surface area (Å²) in [5, 5.41) is 8.47. The third-order valence-electron chi connectivity index (χ3n) is 5.96. The molecule has 2 aromatic carbocycles. The maximum absolute atomic E-state index is 13.3. The predicted molar refractivity (Wildman–Crippen MR) is 120 cm³/mol. The first-order valence-corrected chi connectivity index (χ1v) is 10.7. The Hall–Kier alpha value is -3.81. The number of nitrogens with zero attached hydrogens (tertiary/aromatic N) is 4. The van der Waals surface area contributed by atoms with Crippen LogP contribution in [0.25, 0.3) is 22.3 Å². The van der Waals surface area contributed by atoms with E-state index in [4.69, 9.17) is 10.8 Å². The Bertz CT molecular complexity index is 1280. The molecule has 0 bridgehead atoms. The van der Waals surface area contributed by atoms with Gasteiger partial charge in [-0.25, -0.2) is 19.0 Å². The van der Waals surface area contributed by atoms with E-state index in [0.29, 0.717) is 24.0 Å². The molecular weight excluding hydrogens is 407 g/mol. The largest absolute Gasteiger partial charge is 0.383 e. The van der Waals surface area contributed by atoms with Crippen molar-refractivity contribution in [3.8, 4) is 11.3 Å². The number of halogens is 1. The van der Waals surface area contributed by atoms with Gasteiger partial charge in [0.2, 0.25) is 0 Å². The van der Waals surface area contributed by atoms with Gasteiger partial charge < -0.3 is 11.1 Å². The van der Waals surface area contributed by atoms with E-state index in [0.717, 1.165) is 40.7 Å². The summed E-state index contributed by atoms with van der Waals surface area (Å²) in [4.78, 5) is 20.9. The second kappa shape index (κ2) is 8.37. The van der Waals surface area contributed by atoms with Crippen molar-refractivity contribution in [2.45, 2.75) is 38.3 Å². The molecule has 8 heteroatoms. The smallest absolute Gasteiger partial charge is 0.251 e. The van der Waals surface area contributed by atoms with Gasteiger partial charge in [-0.1, -0.05) is 43.2 Å². The van der Waals surface area contributed by atoms with Crippen molar-refractivity contribution >= 4 is 22.8 Å². The Kier molecular flexibility index (Phi) is 5.26. The van der Waals surface area contributed by atoms with E-state index in [1.807, 2.05) is 28.9 Å². The van der Waals surface area contributed by atoms with Crippen LogP contribution in [0.5, 0.6) is 0 Å². The number of nitrogens with one attached hydrogen (secondary N) is 1. The molecule has 0 saturated heterocycles. The van der Waals surface area contributed by atoms with Gasteiger partial charge in [0.1, 0.15) is 23.7 Å². The van der Waals surface area contributed by atoms with E-state index in [1.165, 1.54) is 37.4 Å². The number of hydrogen-bond acceptors (Lipinski definition) is 5. The van der Waals surface area contributed by atoms with Crippen molar-refractivity contribution in [2.24, 2.45) is 0 Å². The molecule has 0 radical (unpaired) electrons. The third kappa shape index (κ3) is 3.79. The van der Waals surface area contributed by atoms with Crippen molar-refractivity contribution in [2.75, 3.05) is 5.73 Å². The number of nitrogens with two attached hydrogens (primary N) is 1. The van der Waals surface area contributed by atoms with Gasteiger partial charge in [-0.3, -0.25) is 4.79 Å². The number of nitrogen functional groups attached to an aromatic ring is 1. The zero-order chi connectivity index (χ0) is 22.1. The Labute approximate surface area is 184 Å². The minimum atomic E-state index is -0.436. The minimum Gasteiger partial charge on any atom is -0.383 e. The van der Waals surface area contributed by atoms with Crippen LogP contribution in [0.3, 0.4) is 0 Å². The molecule has 0 atom stereocenters. The van der Waals surface area contributed by atoms with Gasteiger partial charge >= 0.3 is 0 Å². The quantitative estimate of drug-likeness (QED) is 0.493. The van der Waals surface area contributed by atoms with Crippen LogP contribution in [-0.4, -0.2) is 25.7 Å². The van der Waals surface area contributed by atoms with Crippen LogP contribution in [0, 0.1) is 5.82 Å². The van der Waals surface area contributed by atoms with Crippen LogP contribution >= 0.6 is 0 Å². The van der Waals surface area contributed by atoms with E-state index < -0.39 is 5.82 Å². The molecule has 1 aliphatic rings. The van der Waals surface area contributed by atoms with Gasteiger partial charge in [0.05, 0.1) is 11.4 Å². The highest BCUT2D eigenvalue weighted by Gasteiger charge is 2.24. The normalized spacial score (nSPS) is 14.2. The molecular formula is C24H23FN6O. The first-order valence-electron chi connectivity index (χ1n) is 10.7. The highest BCUT2D eigenvalue weighted by molar-refractivity contribution is 5.98. The molecule has 0 aliphatic heterocycles. The third-order valence-corrected chi connectivity index (χ3v) is 5.96. The summed E-state index contributed by atoms with van der Waals surface area (Å²) in [5.74, 6) is -0.338. The van der Waals surface area contributed by atoms with E-state index in [-0.39, 0.29) is 5.91 Å². The minimum absolute atomic E-state index is 0.293. The molecule has 1 fully saturated rings. The van der Waals surface area contributed by atoms with E-state index in [2.05, 4.69) is 15.3 Å². The van der Waals surface area contributed by atoms with Gasteiger partial charge in [0, 0.05) is 17.7 Å². The first-order chi connectivity index (χ1) is 15.6. The molecule has 1 aliphatic carbocycles. The van der Waals surface area contributed by atoms with Gasteiger partial charge in [-0.2, -0.15) is 5.10 Å². The lowest BCUT2D eigenvalue weighted by Gasteiger charge is -2.10. The molecule has 3 N–H and O–H groups in total. The Morgan fingerprint density at radius 2 is 1.91 bits per heavy atom. The monoisotopic (exact) mass is 430 g/mol. The summed E-state index contributed by atoms with van der Waals surface area (Å²) in [6.45, 7) is 0.331. The van der Waals surface area contributed by atoms with Crippen molar-refractivity contribution in [3.05, 3.63) is 71.8 Å². The van der Waals surface area contributed by atoms with Crippen LogP contribution in [0.15, 0.2) is 54.9 Å². The Morgan fingerprint density at radius 1 is 1.12 bits per heavy atom. The highest BCUT2D eigenvalue weighted by atomic mass is 19.1. The Balaban J connectivity index is 1.39. The predicted octanol–water partition coefficient (Wildman–Crippen LogP) is 4.26. The number of rotatable bonds is 5. The van der Waals surface area contributed by atoms with Crippen LogP contribution < -0.4 is 11.1 Å². The molecule has 0 spiro atoms. The lowest BCUT2D eigenvalue weighted by atomic mass is 10.1. The Morgan fingerprint density at radius 3 is 2.66 bits per heavy atom. The fourth-order valence-corrected chi connectivity index (χ4v) is 4.30. The summed E-state index contributed by atoms with van der Waals surface area (Å²) < 4.78 is 15.3. The van der Waals surface area contributed by atoms with Crippen LogP contribution in [0.1, 0.15) is 47.6 Å². The molecule has 1 saturated carbocycles. The summed E-state index contributed by atoms with van der Waals surface area (Å²) in [6, 6.07) is 13.7. The summed E-state index contributed by atoms with van der Waals surface area (Å²) in [7, 11) is 0. The second-order valence-electron chi connectivity index (χ2n) is 8.08. The summed E-state index contributed by atoms with van der Waals surface area (Å²) in [6.07, 6.45) is 6.04. The topological polar surface area (TPSA) is 98.7 Å². The average molecular weight is 430 g/mol. The van der Waals surface area contributed by atoms with Gasteiger partial charge in [-0.15, -0.1) is 0 Å². The molecule has 2 heterocycles. The number of amides is 1. The summed E-state index contributed by atoms with van der Waals surface area (Å²) in [5.41, 5.74) is 9.86. The fourth-order valence-electron chi connectivity index (χ4n) is 4.30. The highest BCUT2D eigenvalue weighted by Crippen LogP contribution is 2.36. The standard InChI is InChI=1S/C24H23FN6O/c25-18-5-3-4-17(12-18)24(32)27-13-15-8-10-16(11-9-15)21-20-22(26)28-14-29-23(20)31(30-21)19-6-1-2-7-19/h3-5,8-12,14,19H,1-2,6-7,13H2,(H,27,32)(H2,26,28,29). The van der Waals surface area contributed by atoms with Crippen molar-refractivity contribution < 1.29 is 9.18 Å². The number of hydrogen-bond donors (Lipinski definition) is 2. The molecule has 4 aromatic rings. The maximum atomic E-state index is 13.3. The van der Waals surface area contributed by atoms with Crippen LogP contribution in [0.2, 0.25) is 0 Å². The molecule has 162 valence electrons. The average Bonchev–Trinajstić information content (AvgIpc) is 3.46. The number of carbonyl (C=O) groups excluding carboxylic acids is 1. The van der Waals surface area contributed by atoms with Crippen LogP contribution in [0.4, 0.5) is 10.2 Å². The lowest BCUT2D eigenvalue weighted by Crippen LogP contribution is -2.22. The van der Waals surface area contributed by atoms with E-state index in [9.17, 15) is 9.18 Å². The number of benzene rings is 2. The number of aromatic nitrogens is 4. The van der Waals surface area contributed by atoms with Crippen molar-refractivity contribution in [1.82, 2.24) is 25.1 Å². The van der Waals surface area contributed by atoms with Gasteiger partial charge in [0.15, 0.2) is 5.65 Å². The second-order valence-corrected chi connectivity index (χ2v) is 8.08. The van der Waals surface area contributed by atoms with E-state index in [1.54, 1.807) is 6.07 Å². The first kappa shape index (κ1) is 20.1. The van der Waals surface area contributed by atoms with Gasteiger partial charge in [-0.05, 0) is 36.6 Å². The zero-order valence-corrected chi connectivity index (χ0v) is 17.5. The molecule has 5 rings (SSSR count). The molecule has 2 aromatic heterocycles. The number of anilines is 1. The molecule has 32 heavy (non-hydrogen) atoms. The van der Waals surface area contributed by atoms with E-state index >= 15 is 0 Å². The van der Waals surface area contributed by atoms with Crippen molar-refractivity contribution in [3.63, 3.8) is 0 Å². The lowest BCUT2D eigenvalue weighted by molar-refractivity contribution is 0.0950. The molecule has 1 amide bonds. The molecule has 0 unspecified atom stereocenters. The van der Waals surface area contributed by atoms with Gasteiger partial charge in [0.25, 0.3) is 5.91 Å². The number of fused-ring (bicyclic) bond motifs is 1. The fraction of sp³-hybridized carbons (Fsp3) is 0.250. The summed E-state index contributed by atoms with van der Waals surface area (Å²) >= 11 is 0.